The van der Waals surface area contributed by atoms with Crippen molar-refractivity contribution in [2.24, 2.45) is 0 Å². The molecule has 100 valence electrons. The van der Waals surface area contributed by atoms with E-state index in [-0.39, 0.29) is 10.9 Å². The Morgan fingerprint density at radius 3 is 2.39 bits per heavy atom. The molecule has 0 unspecified atom stereocenters. The lowest BCUT2D eigenvalue weighted by molar-refractivity contribution is 0.570. The molecule has 4 nitrogen and oxygen atoms in total. The Morgan fingerprint density at radius 2 is 1.89 bits per heavy atom. The van der Waals surface area contributed by atoms with E-state index in [0.717, 1.165) is 18.7 Å². The Morgan fingerprint density at radius 1 is 1.28 bits per heavy atom. The Hall–Kier alpha value is -1.33. The van der Waals surface area contributed by atoms with E-state index < -0.39 is 10.0 Å². The molecule has 0 aliphatic carbocycles. The third kappa shape index (κ3) is 4.50. The van der Waals surface area contributed by atoms with Gasteiger partial charge >= 0.3 is 0 Å². The number of anilines is 1. The quantitative estimate of drug-likeness (QED) is 0.589. The Balaban J connectivity index is 2.73. The molecule has 0 aliphatic heterocycles. The molecule has 0 heterocycles. The second-order valence-electron chi connectivity index (χ2n) is 4.30. The highest BCUT2D eigenvalue weighted by molar-refractivity contribution is 7.89. The minimum Gasteiger partial charge on any atom is -0.385 e. The summed E-state index contributed by atoms with van der Waals surface area (Å²) in [6.45, 7) is 8.02. The van der Waals surface area contributed by atoms with Crippen molar-refractivity contribution in [1.29, 1.82) is 0 Å². The molecule has 1 rings (SSSR count). The molecule has 0 saturated heterocycles. The van der Waals surface area contributed by atoms with Gasteiger partial charge in [-0.1, -0.05) is 6.08 Å². The molecule has 0 bridgehead atoms. The smallest absolute Gasteiger partial charge is 0.240 e. The predicted molar refractivity (Wildman–Crippen MR) is 75.2 cm³/mol. The van der Waals surface area contributed by atoms with Crippen LogP contribution in [0.2, 0.25) is 0 Å². The minimum absolute atomic E-state index is 0.111. The Bertz CT molecular complexity index is 478. The first-order valence-corrected chi connectivity index (χ1v) is 7.41. The van der Waals surface area contributed by atoms with E-state index in [2.05, 4.69) is 16.6 Å². The first kappa shape index (κ1) is 14.7. The average molecular weight is 268 g/mol. The second-order valence-corrected chi connectivity index (χ2v) is 6.02. The number of hydrogen-bond acceptors (Lipinski definition) is 3. The van der Waals surface area contributed by atoms with Gasteiger partial charge in [-0.05, 0) is 44.5 Å². The maximum atomic E-state index is 11.9. The predicted octanol–water partition coefficient (Wildman–Crippen LogP) is 2.36. The monoisotopic (exact) mass is 268 g/mol. The highest BCUT2D eigenvalue weighted by Gasteiger charge is 2.14. The number of sulfonamides is 1. The zero-order valence-corrected chi connectivity index (χ0v) is 11.6. The molecule has 0 atom stereocenters. The van der Waals surface area contributed by atoms with Crippen LogP contribution in [-0.4, -0.2) is 21.0 Å². The minimum atomic E-state index is -3.40. The van der Waals surface area contributed by atoms with Gasteiger partial charge < -0.3 is 5.32 Å². The third-order valence-electron chi connectivity index (χ3n) is 2.23. The molecule has 0 spiro atoms. The van der Waals surface area contributed by atoms with Crippen molar-refractivity contribution < 1.29 is 8.42 Å². The van der Waals surface area contributed by atoms with E-state index in [4.69, 9.17) is 0 Å². The van der Waals surface area contributed by atoms with Gasteiger partial charge in [0, 0.05) is 18.3 Å². The fraction of sp³-hybridized carbons (Fsp3) is 0.385. The van der Waals surface area contributed by atoms with E-state index in [1.165, 1.54) is 0 Å². The zero-order chi connectivity index (χ0) is 13.6. The highest BCUT2D eigenvalue weighted by Crippen LogP contribution is 2.14. The number of hydrogen-bond donors (Lipinski definition) is 2. The summed E-state index contributed by atoms with van der Waals surface area (Å²) in [5, 5.41) is 3.18. The maximum Gasteiger partial charge on any atom is 0.240 e. The van der Waals surface area contributed by atoms with Crippen molar-refractivity contribution in [3.63, 3.8) is 0 Å². The fourth-order valence-electron chi connectivity index (χ4n) is 1.45. The van der Waals surface area contributed by atoms with Crippen LogP contribution in [-0.2, 0) is 10.0 Å². The number of nitrogens with one attached hydrogen (secondary N) is 2. The zero-order valence-electron chi connectivity index (χ0n) is 10.8. The summed E-state index contributed by atoms with van der Waals surface area (Å²) in [5.41, 5.74) is 0.903. The molecule has 0 saturated carbocycles. The van der Waals surface area contributed by atoms with Crippen LogP contribution in [0.3, 0.4) is 0 Å². The molecular weight excluding hydrogens is 248 g/mol. The van der Waals surface area contributed by atoms with Crippen LogP contribution in [0.4, 0.5) is 5.69 Å². The summed E-state index contributed by atoms with van der Waals surface area (Å²) in [7, 11) is -3.40. The van der Waals surface area contributed by atoms with E-state index in [9.17, 15) is 8.42 Å². The van der Waals surface area contributed by atoms with Gasteiger partial charge in [-0.2, -0.15) is 0 Å². The lowest BCUT2D eigenvalue weighted by atomic mass is 10.3. The molecule has 0 fully saturated rings. The van der Waals surface area contributed by atoms with Gasteiger partial charge in [0.15, 0.2) is 0 Å². The summed E-state index contributed by atoms with van der Waals surface area (Å²) < 4.78 is 26.3. The van der Waals surface area contributed by atoms with Gasteiger partial charge in [-0.25, -0.2) is 13.1 Å². The number of rotatable bonds is 7. The summed E-state index contributed by atoms with van der Waals surface area (Å²) in [6.07, 6.45) is 2.70. The van der Waals surface area contributed by atoms with Crippen LogP contribution in [0.5, 0.6) is 0 Å². The lowest BCUT2D eigenvalue weighted by Crippen LogP contribution is -2.30. The first-order valence-electron chi connectivity index (χ1n) is 5.93. The van der Waals surface area contributed by atoms with Gasteiger partial charge in [0.2, 0.25) is 10.0 Å². The molecule has 0 amide bonds. The molecular formula is C13H20N2O2S. The van der Waals surface area contributed by atoms with Crippen LogP contribution in [0.1, 0.15) is 20.3 Å². The fourth-order valence-corrected chi connectivity index (χ4v) is 2.70. The topological polar surface area (TPSA) is 58.2 Å². The molecule has 0 radical (unpaired) electrons. The maximum absolute atomic E-state index is 11.9. The molecule has 0 aromatic heterocycles. The Labute approximate surface area is 109 Å². The summed E-state index contributed by atoms with van der Waals surface area (Å²) in [6, 6.07) is 6.61. The molecule has 2 N–H and O–H groups in total. The van der Waals surface area contributed by atoms with Gasteiger partial charge in [-0.3, -0.25) is 0 Å². The van der Waals surface area contributed by atoms with Crippen molar-refractivity contribution in [1.82, 2.24) is 4.72 Å². The second kappa shape index (κ2) is 6.56. The van der Waals surface area contributed by atoms with Crippen LogP contribution >= 0.6 is 0 Å². The Kier molecular flexibility index (Phi) is 5.37. The summed E-state index contributed by atoms with van der Waals surface area (Å²) in [5.74, 6) is 0. The molecule has 5 heteroatoms. The molecule has 18 heavy (non-hydrogen) atoms. The van der Waals surface area contributed by atoms with Gasteiger partial charge in [0.05, 0.1) is 4.90 Å². The van der Waals surface area contributed by atoms with E-state index >= 15 is 0 Å². The average Bonchev–Trinajstić information content (AvgIpc) is 2.28. The molecule has 1 aromatic carbocycles. The molecule has 1 aromatic rings. The largest absolute Gasteiger partial charge is 0.385 e. The summed E-state index contributed by atoms with van der Waals surface area (Å²) >= 11 is 0. The standard InChI is InChI=1S/C13H20N2O2S/c1-4-5-10-14-12-6-8-13(9-7-12)18(16,17)15-11(2)3/h4,6-9,11,14-15H,1,5,10H2,2-3H3. The summed E-state index contributed by atoms with van der Waals surface area (Å²) in [4.78, 5) is 0.283. The first-order chi connectivity index (χ1) is 8.45. The van der Waals surface area contributed by atoms with Gasteiger partial charge in [0.1, 0.15) is 0 Å². The van der Waals surface area contributed by atoms with Crippen molar-refractivity contribution in [3.05, 3.63) is 36.9 Å². The molecule has 0 aliphatic rings. The van der Waals surface area contributed by atoms with Crippen LogP contribution < -0.4 is 10.0 Å². The lowest BCUT2D eigenvalue weighted by Gasteiger charge is -2.10. The normalized spacial score (nSPS) is 11.5. The van der Waals surface area contributed by atoms with Crippen molar-refractivity contribution >= 4 is 15.7 Å². The SMILES string of the molecule is C=CCCNc1ccc(S(=O)(=O)NC(C)C)cc1. The van der Waals surface area contributed by atoms with Crippen LogP contribution in [0, 0.1) is 0 Å². The van der Waals surface area contributed by atoms with Crippen LogP contribution in [0.15, 0.2) is 41.8 Å². The third-order valence-corrected chi connectivity index (χ3v) is 3.91. The van der Waals surface area contributed by atoms with Gasteiger partial charge in [0.25, 0.3) is 0 Å². The van der Waals surface area contributed by atoms with E-state index in [0.29, 0.717) is 0 Å². The van der Waals surface area contributed by atoms with Crippen molar-refractivity contribution in [2.75, 3.05) is 11.9 Å². The van der Waals surface area contributed by atoms with E-state index in [1.807, 2.05) is 6.08 Å². The van der Waals surface area contributed by atoms with E-state index in [1.54, 1.807) is 38.1 Å². The van der Waals surface area contributed by atoms with Crippen LogP contribution in [0.25, 0.3) is 0 Å². The van der Waals surface area contributed by atoms with Gasteiger partial charge in [-0.15, -0.1) is 6.58 Å². The van der Waals surface area contributed by atoms with Crippen molar-refractivity contribution in [3.8, 4) is 0 Å². The number of benzene rings is 1. The highest BCUT2D eigenvalue weighted by atomic mass is 32.2. The van der Waals surface area contributed by atoms with Crippen molar-refractivity contribution in [2.45, 2.75) is 31.2 Å².